The minimum absolute atomic E-state index is 0.300. The lowest BCUT2D eigenvalue weighted by Crippen LogP contribution is -2.04. The summed E-state index contributed by atoms with van der Waals surface area (Å²) in [5, 5.41) is 0.971. The van der Waals surface area contributed by atoms with Gasteiger partial charge in [0.15, 0.2) is 5.75 Å². The SMILES string of the molecule is CC(=O)Oc1ccc(Cl)cc1-c1ncnc2c1c(OC(C)=O)cn2C. The van der Waals surface area contributed by atoms with Crippen molar-refractivity contribution in [3.05, 3.63) is 35.7 Å². The van der Waals surface area contributed by atoms with E-state index in [0.717, 1.165) is 0 Å². The Balaban J connectivity index is 2.31. The van der Waals surface area contributed by atoms with Crippen molar-refractivity contribution < 1.29 is 19.1 Å². The monoisotopic (exact) mass is 359 g/mol. The molecule has 0 aliphatic rings. The highest BCUT2D eigenvalue weighted by Gasteiger charge is 2.20. The molecule has 3 rings (SSSR count). The van der Waals surface area contributed by atoms with Crippen LogP contribution in [0.2, 0.25) is 5.02 Å². The molecule has 1 aromatic carbocycles. The number of ether oxygens (including phenoxy) is 2. The van der Waals surface area contributed by atoms with Crippen LogP contribution in [0.4, 0.5) is 0 Å². The first kappa shape index (κ1) is 16.9. The van der Waals surface area contributed by atoms with Gasteiger partial charge in [-0.2, -0.15) is 0 Å². The second-order valence-corrected chi connectivity index (χ2v) is 5.79. The molecule has 8 heteroatoms. The number of halogens is 1. The van der Waals surface area contributed by atoms with Crippen molar-refractivity contribution in [3.8, 4) is 22.8 Å². The van der Waals surface area contributed by atoms with Crippen LogP contribution < -0.4 is 9.47 Å². The van der Waals surface area contributed by atoms with Gasteiger partial charge in [-0.05, 0) is 18.2 Å². The summed E-state index contributed by atoms with van der Waals surface area (Å²) in [5.74, 6) is -0.320. The highest BCUT2D eigenvalue weighted by Crippen LogP contribution is 2.39. The van der Waals surface area contributed by atoms with Gasteiger partial charge in [-0.15, -0.1) is 0 Å². The van der Waals surface area contributed by atoms with E-state index in [2.05, 4.69) is 9.97 Å². The first-order valence-electron chi connectivity index (χ1n) is 7.33. The molecule has 0 saturated heterocycles. The summed E-state index contributed by atoms with van der Waals surface area (Å²) in [6.45, 7) is 2.62. The van der Waals surface area contributed by atoms with Gasteiger partial charge < -0.3 is 14.0 Å². The highest BCUT2D eigenvalue weighted by atomic mass is 35.5. The number of carbonyl (C=O) groups is 2. The number of hydrogen-bond donors (Lipinski definition) is 0. The number of aryl methyl sites for hydroxylation is 1. The fourth-order valence-electron chi connectivity index (χ4n) is 2.54. The molecule has 2 heterocycles. The Kier molecular flexibility index (Phi) is 4.41. The lowest BCUT2D eigenvalue weighted by Gasteiger charge is -2.10. The third-order valence-corrected chi connectivity index (χ3v) is 3.66. The van der Waals surface area contributed by atoms with Crippen LogP contribution in [-0.4, -0.2) is 26.5 Å². The van der Waals surface area contributed by atoms with Crippen molar-refractivity contribution in [1.29, 1.82) is 0 Å². The maximum Gasteiger partial charge on any atom is 0.308 e. The number of carbonyl (C=O) groups excluding carboxylic acids is 2. The molecule has 25 heavy (non-hydrogen) atoms. The largest absolute Gasteiger partial charge is 0.426 e. The van der Waals surface area contributed by atoms with Crippen LogP contribution in [0.5, 0.6) is 11.5 Å². The molecule has 0 fully saturated rings. The van der Waals surface area contributed by atoms with Gasteiger partial charge in [-0.25, -0.2) is 9.97 Å². The minimum Gasteiger partial charge on any atom is -0.426 e. The Bertz CT molecular complexity index is 997. The lowest BCUT2D eigenvalue weighted by atomic mass is 10.1. The molecule has 3 aromatic rings. The van der Waals surface area contributed by atoms with Crippen molar-refractivity contribution >= 4 is 34.6 Å². The van der Waals surface area contributed by atoms with Gasteiger partial charge in [-0.3, -0.25) is 9.59 Å². The molecule has 128 valence electrons. The van der Waals surface area contributed by atoms with Crippen LogP contribution in [0.25, 0.3) is 22.3 Å². The molecular formula is C17H14ClN3O4. The lowest BCUT2D eigenvalue weighted by molar-refractivity contribution is -0.132. The van der Waals surface area contributed by atoms with E-state index in [0.29, 0.717) is 38.8 Å². The predicted molar refractivity (Wildman–Crippen MR) is 91.6 cm³/mol. The van der Waals surface area contributed by atoms with E-state index in [1.807, 2.05) is 0 Å². The molecule has 0 N–H and O–H groups in total. The number of benzene rings is 1. The van der Waals surface area contributed by atoms with E-state index >= 15 is 0 Å². The van der Waals surface area contributed by atoms with Crippen molar-refractivity contribution in [1.82, 2.24) is 14.5 Å². The topological polar surface area (TPSA) is 83.3 Å². The van der Waals surface area contributed by atoms with Crippen LogP contribution in [0.15, 0.2) is 30.7 Å². The van der Waals surface area contributed by atoms with Crippen molar-refractivity contribution in [2.45, 2.75) is 13.8 Å². The minimum atomic E-state index is -0.470. The molecule has 7 nitrogen and oxygen atoms in total. The summed E-state index contributed by atoms with van der Waals surface area (Å²) in [4.78, 5) is 31.3. The fourth-order valence-corrected chi connectivity index (χ4v) is 2.71. The standard InChI is InChI=1S/C17H14ClN3O4/c1-9(22)24-13-5-4-11(18)6-12(13)16-15-14(25-10(2)23)7-21(3)17(15)20-8-19-16/h4-8H,1-3H3. The Morgan fingerprint density at radius 2 is 1.76 bits per heavy atom. The van der Waals surface area contributed by atoms with E-state index in [-0.39, 0.29) is 0 Å². The first-order chi connectivity index (χ1) is 11.9. The van der Waals surface area contributed by atoms with Crippen molar-refractivity contribution in [2.75, 3.05) is 0 Å². The summed E-state index contributed by atoms with van der Waals surface area (Å²) in [6, 6.07) is 4.83. The molecule has 2 aromatic heterocycles. The predicted octanol–water partition coefficient (Wildman–Crippen LogP) is 3.14. The average Bonchev–Trinajstić information content (AvgIpc) is 2.84. The maximum atomic E-state index is 11.4. The molecule has 0 spiro atoms. The molecule has 0 aliphatic carbocycles. The van der Waals surface area contributed by atoms with Gasteiger partial charge in [0.25, 0.3) is 0 Å². The van der Waals surface area contributed by atoms with Gasteiger partial charge in [0.2, 0.25) is 0 Å². The van der Waals surface area contributed by atoms with Crippen molar-refractivity contribution in [2.24, 2.45) is 7.05 Å². The van der Waals surface area contributed by atoms with E-state index < -0.39 is 11.9 Å². The molecule has 0 bridgehead atoms. The number of fused-ring (bicyclic) bond motifs is 1. The zero-order valence-corrected chi connectivity index (χ0v) is 14.5. The fraction of sp³-hybridized carbons (Fsp3) is 0.176. The summed E-state index contributed by atoms with van der Waals surface area (Å²) >= 11 is 6.11. The number of esters is 2. The molecular weight excluding hydrogens is 346 g/mol. The highest BCUT2D eigenvalue weighted by molar-refractivity contribution is 6.31. The van der Waals surface area contributed by atoms with Crippen LogP contribution >= 0.6 is 11.6 Å². The Labute approximate surface area is 148 Å². The summed E-state index contributed by atoms with van der Waals surface area (Å²) in [6.07, 6.45) is 3.02. The zero-order valence-electron chi connectivity index (χ0n) is 13.7. The average molecular weight is 360 g/mol. The zero-order chi connectivity index (χ0) is 18.1. The Morgan fingerprint density at radius 1 is 1.08 bits per heavy atom. The maximum absolute atomic E-state index is 11.4. The van der Waals surface area contributed by atoms with Crippen LogP contribution in [0.1, 0.15) is 13.8 Å². The second-order valence-electron chi connectivity index (χ2n) is 5.35. The third-order valence-electron chi connectivity index (χ3n) is 3.42. The van der Waals surface area contributed by atoms with Gasteiger partial charge in [0, 0.05) is 37.7 Å². The first-order valence-corrected chi connectivity index (χ1v) is 7.71. The Hall–Kier alpha value is -2.93. The number of rotatable bonds is 3. The number of aromatic nitrogens is 3. The Morgan fingerprint density at radius 3 is 2.44 bits per heavy atom. The molecule has 0 saturated carbocycles. The molecule has 0 radical (unpaired) electrons. The van der Waals surface area contributed by atoms with E-state index in [9.17, 15) is 9.59 Å². The smallest absolute Gasteiger partial charge is 0.308 e. The quantitative estimate of drug-likeness (QED) is 0.527. The van der Waals surface area contributed by atoms with E-state index in [1.54, 1.807) is 36.0 Å². The number of hydrogen-bond acceptors (Lipinski definition) is 6. The van der Waals surface area contributed by atoms with Gasteiger partial charge in [-0.1, -0.05) is 11.6 Å². The summed E-state index contributed by atoms with van der Waals surface area (Å²) in [7, 11) is 1.77. The van der Waals surface area contributed by atoms with Crippen molar-refractivity contribution in [3.63, 3.8) is 0 Å². The van der Waals surface area contributed by atoms with Crippen LogP contribution in [-0.2, 0) is 16.6 Å². The van der Waals surface area contributed by atoms with E-state index in [4.69, 9.17) is 21.1 Å². The van der Waals surface area contributed by atoms with Crippen LogP contribution in [0.3, 0.4) is 0 Å². The van der Waals surface area contributed by atoms with Gasteiger partial charge in [0.05, 0.1) is 11.1 Å². The summed E-state index contributed by atoms with van der Waals surface area (Å²) in [5.41, 5.74) is 1.50. The summed E-state index contributed by atoms with van der Waals surface area (Å²) < 4.78 is 12.3. The normalized spacial score (nSPS) is 10.7. The van der Waals surface area contributed by atoms with Gasteiger partial charge in [0.1, 0.15) is 17.7 Å². The third kappa shape index (κ3) is 3.32. The molecule has 0 aliphatic heterocycles. The van der Waals surface area contributed by atoms with E-state index in [1.165, 1.54) is 20.2 Å². The van der Waals surface area contributed by atoms with Crippen LogP contribution in [0, 0.1) is 0 Å². The van der Waals surface area contributed by atoms with Gasteiger partial charge >= 0.3 is 11.9 Å². The molecule has 0 amide bonds. The second kappa shape index (κ2) is 6.52. The number of nitrogens with zero attached hydrogens (tertiary/aromatic N) is 3. The molecule has 0 atom stereocenters. The molecule has 0 unspecified atom stereocenters.